The van der Waals surface area contributed by atoms with Crippen LogP contribution in [0.3, 0.4) is 0 Å². The van der Waals surface area contributed by atoms with E-state index in [0.717, 1.165) is 23.2 Å². The van der Waals surface area contributed by atoms with Gasteiger partial charge in [-0.05, 0) is 24.5 Å². The first-order valence-electron chi connectivity index (χ1n) is 6.83. The van der Waals surface area contributed by atoms with E-state index >= 15 is 0 Å². The molecule has 3 aromatic rings. The highest BCUT2D eigenvalue weighted by Crippen LogP contribution is 2.24. The third-order valence-electron chi connectivity index (χ3n) is 3.44. The number of nitrogens with zero attached hydrogens (tertiary/aromatic N) is 1. The van der Waals surface area contributed by atoms with Crippen molar-refractivity contribution in [3.63, 3.8) is 0 Å². The Balaban J connectivity index is 2.13. The van der Waals surface area contributed by atoms with Gasteiger partial charge in [0.25, 0.3) is 5.56 Å². The quantitative estimate of drug-likeness (QED) is 0.795. The van der Waals surface area contributed by atoms with Gasteiger partial charge < -0.3 is 4.98 Å². The summed E-state index contributed by atoms with van der Waals surface area (Å²) in [6.45, 7) is 4.21. The molecule has 0 unspecified atom stereocenters. The van der Waals surface area contributed by atoms with Crippen LogP contribution < -0.4 is 5.56 Å². The SMILES string of the molecule is CCc1ccc(-c2nc3sc(CC)cc3c(=O)[nH]2)cc1. The van der Waals surface area contributed by atoms with Crippen molar-refractivity contribution in [2.24, 2.45) is 0 Å². The number of aromatic amines is 1. The van der Waals surface area contributed by atoms with Gasteiger partial charge in [-0.2, -0.15) is 0 Å². The van der Waals surface area contributed by atoms with Crippen LogP contribution in [-0.2, 0) is 12.8 Å². The van der Waals surface area contributed by atoms with Gasteiger partial charge in [0.2, 0.25) is 0 Å². The summed E-state index contributed by atoms with van der Waals surface area (Å²) in [5.41, 5.74) is 2.18. The van der Waals surface area contributed by atoms with Gasteiger partial charge in [-0.1, -0.05) is 38.1 Å². The van der Waals surface area contributed by atoms with E-state index in [-0.39, 0.29) is 5.56 Å². The molecule has 0 radical (unpaired) electrons. The van der Waals surface area contributed by atoms with Crippen molar-refractivity contribution in [3.05, 3.63) is 51.1 Å². The summed E-state index contributed by atoms with van der Waals surface area (Å²) in [4.78, 5) is 21.6. The second kappa shape index (κ2) is 5.21. The molecule has 0 spiro atoms. The van der Waals surface area contributed by atoms with Crippen LogP contribution in [0.1, 0.15) is 24.3 Å². The summed E-state index contributed by atoms with van der Waals surface area (Å²) in [7, 11) is 0. The van der Waals surface area contributed by atoms with Crippen molar-refractivity contribution in [2.45, 2.75) is 26.7 Å². The van der Waals surface area contributed by atoms with Gasteiger partial charge in [0, 0.05) is 10.4 Å². The van der Waals surface area contributed by atoms with Crippen molar-refractivity contribution in [2.75, 3.05) is 0 Å². The summed E-state index contributed by atoms with van der Waals surface area (Å²) in [6, 6.07) is 10.1. The Kier molecular flexibility index (Phi) is 3.40. The molecule has 3 nitrogen and oxygen atoms in total. The van der Waals surface area contributed by atoms with Crippen molar-refractivity contribution in [3.8, 4) is 11.4 Å². The normalized spacial score (nSPS) is 11.1. The molecule has 0 aliphatic rings. The third-order valence-corrected chi connectivity index (χ3v) is 4.61. The van der Waals surface area contributed by atoms with Crippen molar-refractivity contribution >= 4 is 21.6 Å². The van der Waals surface area contributed by atoms with Crippen LogP contribution >= 0.6 is 11.3 Å². The van der Waals surface area contributed by atoms with E-state index in [0.29, 0.717) is 11.2 Å². The average molecular weight is 284 g/mol. The molecule has 0 aliphatic carbocycles. The Morgan fingerprint density at radius 1 is 1.15 bits per heavy atom. The fourth-order valence-electron chi connectivity index (χ4n) is 2.19. The number of aryl methyl sites for hydroxylation is 2. The van der Waals surface area contributed by atoms with Crippen LogP contribution in [-0.4, -0.2) is 9.97 Å². The number of rotatable bonds is 3. The highest BCUT2D eigenvalue weighted by atomic mass is 32.1. The zero-order chi connectivity index (χ0) is 14.1. The van der Waals surface area contributed by atoms with Gasteiger partial charge >= 0.3 is 0 Å². The van der Waals surface area contributed by atoms with Crippen molar-refractivity contribution < 1.29 is 0 Å². The molecule has 0 saturated heterocycles. The van der Waals surface area contributed by atoms with Crippen LogP contribution in [0.15, 0.2) is 35.1 Å². The molecule has 20 heavy (non-hydrogen) atoms. The van der Waals surface area contributed by atoms with Crippen LogP contribution in [0.5, 0.6) is 0 Å². The molecule has 4 heteroatoms. The molecule has 2 heterocycles. The zero-order valence-electron chi connectivity index (χ0n) is 11.6. The number of hydrogen-bond acceptors (Lipinski definition) is 3. The second-order valence-corrected chi connectivity index (χ2v) is 5.87. The van der Waals surface area contributed by atoms with Gasteiger partial charge in [-0.15, -0.1) is 11.3 Å². The maximum absolute atomic E-state index is 12.1. The first-order chi connectivity index (χ1) is 9.71. The fraction of sp³-hybridized carbons (Fsp3) is 0.250. The highest BCUT2D eigenvalue weighted by molar-refractivity contribution is 7.18. The van der Waals surface area contributed by atoms with Crippen LogP contribution in [0, 0.1) is 0 Å². The zero-order valence-corrected chi connectivity index (χ0v) is 12.4. The fourth-order valence-corrected chi connectivity index (χ4v) is 3.16. The molecular weight excluding hydrogens is 268 g/mol. The van der Waals surface area contributed by atoms with Crippen molar-refractivity contribution in [1.82, 2.24) is 9.97 Å². The Morgan fingerprint density at radius 2 is 1.90 bits per heavy atom. The monoisotopic (exact) mass is 284 g/mol. The molecule has 0 amide bonds. The van der Waals surface area contributed by atoms with Crippen LogP contribution in [0.2, 0.25) is 0 Å². The largest absolute Gasteiger partial charge is 0.306 e. The minimum Gasteiger partial charge on any atom is -0.306 e. The summed E-state index contributed by atoms with van der Waals surface area (Å²) < 4.78 is 0. The Hall–Kier alpha value is -1.94. The lowest BCUT2D eigenvalue weighted by Gasteiger charge is -2.02. The minimum atomic E-state index is -0.0551. The van der Waals surface area contributed by atoms with Gasteiger partial charge in [0.05, 0.1) is 5.39 Å². The molecule has 0 saturated carbocycles. The third kappa shape index (κ3) is 2.27. The lowest BCUT2D eigenvalue weighted by molar-refractivity contribution is 1.13. The van der Waals surface area contributed by atoms with E-state index in [2.05, 4.69) is 35.9 Å². The number of hydrogen-bond donors (Lipinski definition) is 1. The predicted molar refractivity (Wildman–Crippen MR) is 84.4 cm³/mol. The molecule has 0 atom stereocenters. The number of thiophene rings is 1. The van der Waals surface area contributed by atoms with Crippen LogP contribution in [0.4, 0.5) is 0 Å². The molecule has 0 aliphatic heterocycles. The first kappa shape index (κ1) is 13.1. The Bertz CT molecular complexity index is 799. The number of H-pyrrole nitrogens is 1. The molecule has 1 N–H and O–H groups in total. The lowest BCUT2D eigenvalue weighted by Crippen LogP contribution is -2.07. The number of benzene rings is 1. The molecule has 3 rings (SSSR count). The van der Waals surface area contributed by atoms with E-state index < -0.39 is 0 Å². The topological polar surface area (TPSA) is 45.8 Å². The number of aromatic nitrogens is 2. The maximum Gasteiger partial charge on any atom is 0.259 e. The number of nitrogens with one attached hydrogen (secondary N) is 1. The molecule has 0 bridgehead atoms. The van der Waals surface area contributed by atoms with Gasteiger partial charge in [-0.25, -0.2) is 4.98 Å². The van der Waals surface area contributed by atoms with Gasteiger partial charge in [0.1, 0.15) is 10.7 Å². The van der Waals surface area contributed by atoms with Gasteiger partial charge in [-0.3, -0.25) is 4.79 Å². The maximum atomic E-state index is 12.1. The summed E-state index contributed by atoms with van der Waals surface area (Å²) in [5, 5.41) is 0.695. The first-order valence-corrected chi connectivity index (χ1v) is 7.65. The van der Waals surface area contributed by atoms with E-state index in [4.69, 9.17) is 0 Å². The van der Waals surface area contributed by atoms with E-state index in [1.54, 1.807) is 11.3 Å². The average Bonchev–Trinajstić information content (AvgIpc) is 2.91. The molecular formula is C16H16N2OS. The molecule has 1 aromatic carbocycles. The van der Waals surface area contributed by atoms with Gasteiger partial charge in [0.15, 0.2) is 0 Å². The van der Waals surface area contributed by atoms with Crippen LogP contribution in [0.25, 0.3) is 21.6 Å². The summed E-state index contributed by atoms with van der Waals surface area (Å²) in [5.74, 6) is 0.648. The van der Waals surface area contributed by atoms with Crippen molar-refractivity contribution in [1.29, 1.82) is 0 Å². The summed E-state index contributed by atoms with van der Waals surface area (Å²) >= 11 is 1.60. The summed E-state index contributed by atoms with van der Waals surface area (Å²) in [6.07, 6.45) is 1.94. The highest BCUT2D eigenvalue weighted by Gasteiger charge is 2.09. The van der Waals surface area contributed by atoms with E-state index in [9.17, 15) is 4.79 Å². The minimum absolute atomic E-state index is 0.0551. The standard InChI is InChI=1S/C16H16N2OS/c1-3-10-5-7-11(8-6-10)14-17-15(19)13-9-12(4-2)20-16(13)18-14/h5-9H,3-4H2,1-2H3,(H,17,18,19). The molecule has 0 fully saturated rings. The van der Waals surface area contributed by atoms with E-state index in [1.165, 1.54) is 10.4 Å². The molecule has 2 aromatic heterocycles. The molecule has 102 valence electrons. The Morgan fingerprint density at radius 3 is 2.55 bits per heavy atom. The second-order valence-electron chi connectivity index (χ2n) is 4.75. The predicted octanol–water partition coefficient (Wildman–Crippen LogP) is 3.78. The Labute approximate surface area is 121 Å². The smallest absolute Gasteiger partial charge is 0.259 e. The number of fused-ring (bicyclic) bond motifs is 1. The lowest BCUT2D eigenvalue weighted by atomic mass is 10.1. The van der Waals surface area contributed by atoms with E-state index in [1.807, 2.05) is 18.2 Å².